The van der Waals surface area contributed by atoms with Gasteiger partial charge in [-0.05, 0) is 56.3 Å². The largest absolute Gasteiger partial charge is 0.490 e. The summed E-state index contributed by atoms with van der Waals surface area (Å²) in [7, 11) is -3.45. The molecule has 180 valence electrons. The number of piperazine rings is 1. The predicted octanol–water partition coefficient (Wildman–Crippen LogP) is 3.20. The summed E-state index contributed by atoms with van der Waals surface area (Å²) in [6.45, 7) is 7.79. The fourth-order valence-corrected chi connectivity index (χ4v) is 4.48. The third-order valence-electron chi connectivity index (χ3n) is 5.54. The lowest BCUT2D eigenvalue weighted by atomic mass is 10.1. The lowest BCUT2D eigenvalue weighted by Gasteiger charge is -2.36. The van der Waals surface area contributed by atoms with Crippen LogP contribution >= 0.6 is 0 Å². The second kappa shape index (κ2) is 9.46. The van der Waals surface area contributed by atoms with Crippen LogP contribution < -0.4 is 9.64 Å². The number of hydrogen-bond donors (Lipinski definition) is 0. The van der Waals surface area contributed by atoms with E-state index >= 15 is 0 Å². The van der Waals surface area contributed by atoms with Crippen LogP contribution in [0.15, 0.2) is 51.8 Å². The Morgan fingerprint density at radius 2 is 1.71 bits per heavy atom. The van der Waals surface area contributed by atoms with Crippen LogP contribution in [0.1, 0.15) is 30.1 Å². The summed E-state index contributed by atoms with van der Waals surface area (Å²) in [6.07, 6.45) is 0.981. The molecule has 0 atom stereocenters. The molecular formula is C24H28N4O5S. The van der Waals surface area contributed by atoms with Gasteiger partial charge in [0, 0.05) is 50.6 Å². The number of rotatable bonds is 6. The molecule has 1 aromatic heterocycles. The summed E-state index contributed by atoms with van der Waals surface area (Å²) in [4.78, 5) is 17.4. The average molecular weight is 485 g/mol. The highest BCUT2D eigenvalue weighted by Gasteiger charge is 2.26. The first-order valence-electron chi connectivity index (χ1n) is 11.1. The monoisotopic (exact) mass is 484 g/mol. The van der Waals surface area contributed by atoms with Crippen LogP contribution in [-0.2, 0) is 9.84 Å². The smallest absolute Gasteiger partial charge is 0.257 e. The van der Waals surface area contributed by atoms with Gasteiger partial charge in [0.1, 0.15) is 5.75 Å². The van der Waals surface area contributed by atoms with Crippen molar-refractivity contribution < 1.29 is 22.4 Å². The van der Waals surface area contributed by atoms with Crippen molar-refractivity contribution in [3.8, 4) is 17.2 Å². The summed E-state index contributed by atoms with van der Waals surface area (Å²) in [5.41, 5.74) is 2.15. The number of benzene rings is 2. The van der Waals surface area contributed by atoms with E-state index in [-0.39, 0.29) is 22.5 Å². The van der Waals surface area contributed by atoms with E-state index in [1.54, 1.807) is 17.9 Å². The predicted molar refractivity (Wildman–Crippen MR) is 128 cm³/mol. The SMILES string of the molecule is Cc1nnc(-c2ccc(N3CCN(C(=O)c4cc(S(C)(=O)=O)ccc4OC(C)C)CC3)cc2)o1. The van der Waals surface area contributed by atoms with E-state index in [2.05, 4.69) is 15.1 Å². The molecule has 0 bridgehead atoms. The molecule has 0 unspecified atom stereocenters. The topological polar surface area (TPSA) is 106 Å². The first-order chi connectivity index (χ1) is 16.1. The zero-order chi connectivity index (χ0) is 24.5. The quantitative estimate of drug-likeness (QED) is 0.525. The van der Waals surface area contributed by atoms with E-state index in [0.717, 1.165) is 17.5 Å². The molecule has 9 nitrogen and oxygen atoms in total. The Balaban J connectivity index is 1.47. The number of carbonyl (C=O) groups excluding carboxylic acids is 1. The van der Waals surface area contributed by atoms with Crippen molar-refractivity contribution in [2.45, 2.75) is 31.8 Å². The van der Waals surface area contributed by atoms with Gasteiger partial charge >= 0.3 is 0 Å². The maximum Gasteiger partial charge on any atom is 0.257 e. The van der Waals surface area contributed by atoms with E-state index in [1.807, 2.05) is 38.1 Å². The molecule has 1 saturated heterocycles. The maximum absolute atomic E-state index is 13.3. The van der Waals surface area contributed by atoms with Gasteiger partial charge < -0.3 is 19.0 Å². The van der Waals surface area contributed by atoms with Gasteiger partial charge in [0.05, 0.1) is 16.6 Å². The molecule has 0 spiro atoms. The number of aryl methyl sites for hydroxylation is 1. The number of amides is 1. The highest BCUT2D eigenvalue weighted by Crippen LogP contribution is 2.27. The van der Waals surface area contributed by atoms with Crippen molar-refractivity contribution in [2.24, 2.45) is 0 Å². The fraction of sp³-hybridized carbons (Fsp3) is 0.375. The molecule has 4 rings (SSSR count). The van der Waals surface area contributed by atoms with Crippen LogP contribution in [0.5, 0.6) is 5.75 Å². The molecule has 10 heteroatoms. The van der Waals surface area contributed by atoms with Crippen LogP contribution in [0.3, 0.4) is 0 Å². The van der Waals surface area contributed by atoms with Gasteiger partial charge in [-0.1, -0.05) is 0 Å². The van der Waals surface area contributed by atoms with Crippen LogP contribution in [0.25, 0.3) is 11.5 Å². The molecule has 1 amide bonds. The molecule has 2 heterocycles. The lowest BCUT2D eigenvalue weighted by Crippen LogP contribution is -2.48. The first-order valence-corrected chi connectivity index (χ1v) is 13.0. The number of hydrogen-bond acceptors (Lipinski definition) is 8. The normalized spacial score (nSPS) is 14.5. The van der Waals surface area contributed by atoms with Crippen LogP contribution in [0.4, 0.5) is 5.69 Å². The Morgan fingerprint density at radius 3 is 2.26 bits per heavy atom. The van der Waals surface area contributed by atoms with Gasteiger partial charge in [0.2, 0.25) is 11.8 Å². The van der Waals surface area contributed by atoms with Crippen molar-refractivity contribution in [1.29, 1.82) is 0 Å². The molecule has 1 aliphatic rings. The molecular weight excluding hydrogens is 456 g/mol. The Bertz CT molecular complexity index is 1280. The third-order valence-corrected chi connectivity index (χ3v) is 6.65. The van der Waals surface area contributed by atoms with Gasteiger partial charge in [-0.15, -0.1) is 10.2 Å². The number of carbonyl (C=O) groups is 1. The zero-order valence-electron chi connectivity index (χ0n) is 19.7. The molecule has 0 radical (unpaired) electrons. The van der Waals surface area contributed by atoms with Crippen molar-refractivity contribution >= 4 is 21.4 Å². The van der Waals surface area contributed by atoms with Crippen molar-refractivity contribution in [2.75, 3.05) is 37.3 Å². The number of ether oxygens (including phenoxy) is 1. The van der Waals surface area contributed by atoms with E-state index in [4.69, 9.17) is 9.15 Å². The summed E-state index contributed by atoms with van der Waals surface area (Å²) < 4.78 is 35.4. The third kappa shape index (κ3) is 5.22. The molecule has 0 saturated carbocycles. The molecule has 0 aliphatic carbocycles. The molecule has 1 aliphatic heterocycles. The molecule has 2 aromatic carbocycles. The summed E-state index contributed by atoms with van der Waals surface area (Å²) in [5, 5.41) is 7.90. The van der Waals surface area contributed by atoms with Gasteiger partial charge in [0.25, 0.3) is 5.91 Å². The van der Waals surface area contributed by atoms with Gasteiger partial charge in [-0.2, -0.15) is 0 Å². The first kappa shape index (κ1) is 23.7. The lowest BCUT2D eigenvalue weighted by molar-refractivity contribution is 0.0740. The highest BCUT2D eigenvalue weighted by molar-refractivity contribution is 7.90. The minimum Gasteiger partial charge on any atom is -0.490 e. The van der Waals surface area contributed by atoms with Crippen molar-refractivity contribution in [3.63, 3.8) is 0 Å². The van der Waals surface area contributed by atoms with Crippen LogP contribution in [-0.4, -0.2) is 68.0 Å². The van der Waals surface area contributed by atoms with Gasteiger partial charge in [-0.25, -0.2) is 8.42 Å². The summed E-state index contributed by atoms with van der Waals surface area (Å²) in [5.74, 6) is 1.16. The van der Waals surface area contributed by atoms with Crippen LogP contribution in [0, 0.1) is 6.92 Å². The Morgan fingerprint density at radius 1 is 1.03 bits per heavy atom. The Kier molecular flexibility index (Phi) is 6.60. The summed E-state index contributed by atoms with van der Waals surface area (Å²) in [6, 6.07) is 12.3. The summed E-state index contributed by atoms with van der Waals surface area (Å²) >= 11 is 0. The molecule has 1 fully saturated rings. The standard InChI is InChI=1S/C24H28N4O5S/c1-16(2)32-22-10-9-20(34(4,30)31)15-21(22)24(29)28-13-11-27(12-14-28)19-7-5-18(6-8-19)23-26-25-17(3)33-23/h5-10,15-16H,11-14H2,1-4H3. The number of anilines is 1. The Labute approximate surface area is 199 Å². The van der Waals surface area contributed by atoms with Crippen molar-refractivity contribution in [3.05, 3.63) is 53.9 Å². The minimum absolute atomic E-state index is 0.0992. The Hall–Kier alpha value is -3.40. The van der Waals surface area contributed by atoms with Gasteiger partial charge in [0.15, 0.2) is 9.84 Å². The van der Waals surface area contributed by atoms with Crippen LogP contribution in [0.2, 0.25) is 0 Å². The second-order valence-electron chi connectivity index (χ2n) is 8.55. The second-order valence-corrected chi connectivity index (χ2v) is 10.6. The average Bonchev–Trinajstić information content (AvgIpc) is 3.24. The fourth-order valence-electron chi connectivity index (χ4n) is 3.83. The van der Waals surface area contributed by atoms with Crippen molar-refractivity contribution in [1.82, 2.24) is 15.1 Å². The van der Waals surface area contributed by atoms with E-state index < -0.39 is 9.84 Å². The van der Waals surface area contributed by atoms with E-state index in [9.17, 15) is 13.2 Å². The number of nitrogens with zero attached hydrogens (tertiary/aromatic N) is 4. The molecule has 0 N–H and O–H groups in total. The van der Waals surface area contributed by atoms with Gasteiger partial charge in [-0.3, -0.25) is 4.79 Å². The number of aromatic nitrogens is 2. The zero-order valence-corrected chi connectivity index (χ0v) is 20.5. The molecule has 3 aromatic rings. The minimum atomic E-state index is -3.45. The van der Waals surface area contributed by atoms with E-state index in [0.29, 0.717) is 43.7 Å². The molecule has 34 heavy (non-hydrogen) atoms. The number of sulfone groups is 1. The highest BCUT2D eigenvalue weighted by atomic mass is 32.2. The van der Waals surface area contributed by atoms with E-state index in [1.165, 1.54) is 12.1 Å². The maximum atomic E-state index is 13.3.